The number of para-hydroxylation sites is 1. The van der Waals surface area contributed by atoms with Crippen LogP contribution in [0, 0.1) is 5.92 Å². The predicted octanol–water partition coefficient (Wildman–Crippen LogP) is 4.92. The molecule has 7 heteroatoms. The molecule has 1 atom stereocenters. The number of aromatic carboxylic acids is 1. The summed E-state index contributed by atoms with van der Waals surface area (Å²) in [5.74, 6) is 0.784. The molecule has 7 nitrogen and oxygen atoms in total. The lowest BCUT2D eigenvalue weighted by Crippen LogP contribution is -2.38. The molecular weight excluding hydrogens is 430 g/mol. The number of rotatable bonds is 8. The molecule has 0 spiro atoms. The van der Waals surface area contributed by atoms with E-state index in [1.165, 1.54) is 0 Å². The molecule has 1 unspecified atom stereocenters. The first-order chi connectivity index (χ1) is 16.5. The van der Waals surface area contributed by atoms with Crippen molar-refractivity contribution in [3.8, 4) is 11.5 Å². The molecule has 1 saturated heterocycles. The second kappa shape index (κ2) is 11.4. The van der Waals surface area contributed by atoms with Crippen molar-refractivity contribution in [3.05, 3.63) is 90.0 Å². The summed E-state index contributed by atoms with van der Waals surface area (Å²) in [6.07, 6.45) is 2.36. The summed E-state index contributed by atoms with van der Waals surface area (Å²) in [6.45, 7) is 2.17. The molecule has 1 heterocycles. The number of carboxylic acids is 1. The van der Waals surface area contributed by atoms with E-state index in [1.54, 1.807) is 18.2 Å². The van der Waals surface area contributed by atoms with E-state index in [0.717, 1.165) is 36.4 Å². The number of hydrogen-bond acceptors (Lipinski definition) is 5. The maximum Gasteiger partial charge on any atom is 0.335 e. The zero-order chi connectivity index (χ0) is 23.8. The number of carbonyl (C=O) groups is 2. The molecule has 1 amide bonds. The van der Waals surface area contributed by atoms with E-state index in [-0.39, 0.29) is 11.8 Å². The number of amides is 1. The van der Waals surface area contributed by atoms with Gasteiger partial charge < -0.3 is 15.2 Å². The fourth-order valence-corrected chi connectivity index (χ4v) is 4.05. The van der Waals surface area contributed by atoms with Gasteiger partial charge in [-0.1, -0.05) is 30.3 Å². The maximum absolute atomic E-state index is 12.6. The van der Waals surface area contributed by atoms with E-state index in [2.05, 4.69) is 15.8 Å². The summed E-state index contributed by atoms with van der Waals surface area (Å²) < 4.78 is 5.79. The number of hydrazine groups is 1. The van der Waals surface area contributed by atoms with Crippen LogP contribution in [-0.4, -0.2) is 35.1 Å². The van der Waals surface area contributed by atoms with E-state index in [9.17, 15) is 14.7 Å². The number of benzene rings is 3. The minimum Gasteiger partial charge on any atom is -0.478 e. The number of nitrogens with one attached hydrogen (secondary N) is 2. The van der Waals surface area contributed by atoms with Gasteiger partial charge in [0.2, 0.25) is 5.91 Å². The predicted molar refractivity (Wildman–Crippen MR) is 131 cm³/mol. The minimum atomic E-state index is -0.921. The summed E-state index contributed by atoms with van der Waals surface area (Å²) in [5.41, 5.74) is 5.40. The van der Waals surface area contributed by atoms with Gasteiger partial charge in [0.15, 0.2) is 0 Å². The fraction of sp³-hybridized carbons (Fsp3) is 0.259. The van der Waals surface area contributed by atoms with Gasteiger partial charge in [-0.2, -0.15) is 0 Å². The SMILES string of the molecule is O=C(CC1CCCN(Cc2cccc(C(=O)O)c2)NC1)Nc1ccc(Oc2ccccc2)cc1. The zero-order valence-corrected chi connectivity index (χ0v) is 18.9. The van der Waals surface area contributed by atoms with Gasteiger partial charge in [0.25, 0.3) is 0 Å². The topological polar surface area (TPSA) is 90.9 Å². The summed E-state index contributed by atoms with van der Waals surface area (Å²) in [4.78, 5) is 23.8. The van der Waals surface area contributed by atoms with Crippen LogP contribution in [0.2, 0.25) is 0 Å². The number of carbonyl (C=O) groups excluding carboxylic acids is 1. The van der Waals surface area contributed by atoms with Crippen molar-refractivity contribution < 1.29 is 19.4 Å². The van der Waals surface area contributed by atoms with Gasteiger partial charge >= 0.3 is 5.97 Å². The lowest BCUT2D eigenvalue weighted by Gasteiger charge is -2.22. The average molecular weight is 460 g/mol. The molecule has 0 aliphatic carbocycles. The number of nitrogens with zero attached hydrogens (tertiary/aromatic N) is 1. The van der Waals surface area contributed by atoms with E-state index in [0.29, 0.717) is 30.8 Å². The van der Waals surface area contributed by atoms with E-state index >= 15 is 0 Å². The highest BCUT2D eigenvalue weighted by atomic mass is 16.5. The Bertz CT molecular complexity index is 1100. The first-order valence-electron chi connectivity index (χ1n) is 11.5. The van der Waals surface area contributed by atoms with Crippen LogP contribution in [-0.2, 0) is 11.3 Å². The van der Waals surface area contributed by atoms with Crippen LogP contribution in [0.15, 0.2) is 78.9 Å². The normalized spacial score (nSPS) is 16.4. The molecule has 0 bridgehead atoms. The van der Waals surface area contributed by atoms with Crippen molar-refractivity contribution in [2.75, 3.05) is 18.4 Å². The third-order valence-electron chi connectivity index (χ3n) is 5.78. The molecule has 4 rings (SSSR count). The van der Waals surface area contributed by atoms with Crippen LogP contribution in [0.1, 0.15) is 35.2 Å². The molecule has 1 aliphatic rings. The first kappa shape index (κ1) is 23.5. The Labute approximate surface area is 199 Å². The number of carboxylic acid groups (broad SMARTS) is 1. The van der Waals surface area contributed by atoms with Crippen molar-refractivity contribution in [1.29, 1.82) is 0 Å². The second-order valence-electron chi connectivity index (χ2n) is 8.49. The van der Waals surface area contributed by atoms with Gasteiger partial charge in [0.1, 0.15) is 11.5 Å². The van der Waals surface area contributed by atoms with Gasteiger partial charge in [0.05, 0.1) is 5.56 Å². The Morgan fingerprint density at radius 1 is 1.00 bits per heavy atom. The van der Waals surface area contributed by atoms with Gasteiger partial charge in [0, 0.05) is 31.7 Å². The molecule has 3 aromatic rings. The van der Waals surface area contributed by atoms with Crippen LogP contribution < -0.4 is 15.5 Å². The van der Waals surface area contributed by atoms with Crippen molar-refractivity contribution >= 4 is 17.6 Å². The number of anilines is 1. The van der Waals surface area contributed by atoms with Crippen LogP contribution in [0.4, 0.5) is 5.69 Å². The summed E-state index contributed by atoms with van der Waals surface area (Å²) >= 11 is 0. The lowest BCUT2D eigenvalue weighted by molar-refractivity contribution is -0.117. The Kier molecular flexibility index (Phi) is 7.91. The fourth-order valence-electron chi connectivity index (χ4n) is 4.05. The Balaban J connectivity index is 1.24. The second-order valence-corrected chi connectivity index (χ2v) is 8.49. The monoisotopic (exact) mass is 459 g/mol. The van der Waals surface area contributed by atoms with E-state index in [1.807, 2.05) is 60.7 Å². The van der Waals surface area contributed by atoms with E-state index < -0.39 is 5.97 Å². The van der Waals surface area contributed by atoms with E-state index in [4.69, 9.17) is 4.74 Å². The molecule has 3 N–H and O–H groups in total. The molecule has 1 fully saturated rings. The number of hydrogen-bond donors (Lipinski definition) is 3. The van der Waals surface area contributed by atoms with Crippen molar-refractivity contribution in [1.82, 2.24) is 10.4 Å². The third kappa shape index (κ3) is 6.91. The largest absolute Gasteiger partial charge is 0.478 e. The van der Waals surface area contributed by atoms with Crippen LogP contribution in [0.25, 0.3) is 0 Å². The van der Waals surface area contributed by atoms with Gasteiger partial charge in [-0.3, -0.25) is 10.2 Å². The van der Waals surface area contributed by atoms with Crippen LogP contribution in [0.3, 0.4) is 0 Å². The highest BCUT2D eigenvalue weighted by Crippen LogP contribution is 2.23. The molecule has 3 aromatic carbocycles. The quantitative estimate of drug-likeness (QED) is 0.443. The van der Waals surface area contributed by atoms with Gasteiger partial charge in [-0.25, -0.2) is 9.80 Å². The Morgan fingerprint density at radius 2 is 1.76 bits per heavy atom. The van der Waals surface area contributed by atoms with Crippen LogP contribution >= 0.6 is 0 Å². The summed E-state index contributed by atoms with van der Waals surface area (Å²) in [6, 6.07) is 23.9. The smallest absolute Gasteiger partial charge is 0.335 e. The van der Waals surface area contributed by atoms with Gasteiger partial charge in [-0.05, 0) is 72.9 Å². The Hall–Kier alpha value is -3.68. The van der Waals surface area contributed by atoms with Gasteiger partial charge in [-0.15, -0.1) is 0 Å². The molecular formula is C27H29N3O4. The highest BCUT2D eigenvalue weighted by molar-refractivity contribution is 5.91. The summed E-state index contributed by atoms with van der Waals surface area (Å²) in [7, 11) is 0. The van der Waals surface area contributed by atoms with Crippen molar-refractivity contribution in [3.63, 3.8) is 0 Å². The first-order valence-corrected chi connectivity index (χ1v) is 11.5. The lowest BCUT2D eigenvalue weighted by atomic mass is 9.99. The summed E-state index contributed by atoms with van der Waals surface area (Å²) in [5, 5.41) is 14.3. The average Bonchev–Trinajstić information content (AvgIpc) is 3.06. The number of ether oxygens (including phenoxy) is 1. The molecule has 0 radical (unpaired) electrons. The molecule has 34 heavy (non-hydrogen) atoms. The third-order valence-corrected chi connectivity index (χ3v) is 5.78. The van der Waals surface area contributed by atoms with Crippen molar-refractivity contribution in [2.24, 2.45) is 5.92 Å². The minimum absolute atomic E-state index is 0.00821. The van der Waals surface area contributed by atoms with Crippen LogP contribution in [0.5, 0.6) is 11.5 Å². The zero-order valence-electron chi connectivity index (χ0n) is 18.9. The molecule has 0 saturated carbocycles. The standard InChI is InChI=1S/C27H29N3O4/c31-26(29-23-11-13-25(14-12-23)34-24-9-2-1-3-10-24)17-20-7-5-15-30(28-18-20)19-21-6-4-8-22(16-21)27(32)33/h1-4,6,8-14,16,20,28H,5,7,15,17-19H2,(H,29,31)(H,32,33). The van der Waals surface area contributed by atoms with Crippen molar-refractivity contribution in [2.45, 2.75) is 25.8 Å². The molecule has 0 aromatic heterocycles. The maximum atomic E-state index is 12.6. The Morgan fingerprint density at radius 3 is 2.53 bits per heavy atom. The molecule has 1 aliphatic heterocycles. The molecule has 176 valence electrons. The highest BCUT2D eigenvalue weighted by Gasteiger charge is 2.20.